The van der Waals surface area contributed by atoms with Crippen LogP contribution in [0.3, 0.4) is 0 Å². The lowest BCUT2D eigenvalue weighted by Crippen LogP contribution is -2.41. The van der Waals surface area contributed by atoms with Gasteiger partial charge in [-0.3, -0.25) is 9.78 Å². The summed E-state index contributed by atoms with van der Waals surface area (Å²) in [5.41, 5.74) is 1.64. The van der Waals surface area contributed by atoms with Gasteiger partial charge in [-0.25, -0.2) is 4.79 Å². The largest absolute Gasteiger partial charge is 0.332 e. The summed E-state index contributed by atoms with van der Waals surface area (Å²) in [5, 5.41) is 7.98. The van der Waals surface area contributed by atoms with Gasteiger partial charge in [0.15, 0.2) is 0 Å². The van der Waals surface area contributed by atoms with E-state index >= 15 is 0 Å². The van der Waals surface area contributed by atoms with Gasteiger partial charge in [-0.05, 0) is 36.8 Å². The van der Waals surface area contributed by atoms with E-state index in [-0.39, 0.29) is 18.5 Å². The zero-order valence-corrected chi connectivity index (χ0v) is 12.2. The number of carbonyl (C=O) groups is 2. The van der Waals surface area contributed by atoms with Gasteiger partial charge in [0.1, 0.15) is 0 Å². The molecule has 0 saturated carbocycles. The molecule has 6 heteroatoms. The number of hydrogen-bond donors (Lipinski definition) is 3. The molecule has 2 rings (SSSR count). The Hall–Kier alpha value is -2.89. The molecule has 0 radical (unpaired) electrons. The van der Waals surface area contributed by atoms with Gasteiger partial charge in [-0.15, -0.1) is 0 Å². The molecule has 0 fully saturated rings. The van der Waals surface area contributed by atoms with E-state index < -0.39 is 6.03 Å². The Labute approximate surface area is 129 Å². The first kappa shape index (κ1) is 15.5. The van der Waals surface area contributed by atoms with E-state index in [1.807, 2.05) is 37.3 Å². The molecule has 0 saturated heterocycles. The topological polar surface area (TPSA) is 83.1 Å². The van der Waals surface area contributed by atoms with Gasteiger partial charge in [-0.1, -0.05) is 18.2 Å². The lowest BCUT2D eigenvalue weighted by atomic mass is 10.1. The summed E-state index contributed by atoms with van der Waals surface area (Å²) in [4.78, 5) is 27.4. The van der Waals surface area contributed by atoms with Crippen molar-refractivity contribution in [3.63, 3.8) is 0 Å². The van der Waals surface area contributed by atoms with Crippen LogP contribution in [0.25, 0.3) is 0 Å². The molecular weight excluding hydrogens is 280 g/mol. The molecule has 1 aromatic heterocycles. The second-order valence-corrected chi connectivity index (χ2v) is 4.74. The van der Waals surface area contributed by atoms with Crippen molar-refractivity contribution in [2.45, 2.75) is 13.0 Å². The highest BCUT2D eigenvalue weighted by Crippen LogP contribution is 2.09. The Balaban J connectivity index is 1.74. The predicted octanol–water partition coefficient (Wildman–Crippen LogP) is 2.08. The molecule has 1 aromatic carbocycles. The number of hydrogen-bond acceptors (Lipinski definition) is 3. The van der Waals surface area contributed by atoms with Crippen LogP contribution < -0.4 is 16.0 Å². The molecule has 0 spiro atoms. The monoisotopic (exact) mass is 298 g/mol. The maximum Gasteiger partial charge on any atom is 0.315 e. The normalized spacial score (nSPS) is 11.3. The third-order valence-corrected chi connectivity index (χ3v) is 3.02. The molecule has 2 aromatic rings. The van der Waals surface area contributed by atoms with Gasteiger partial charge in [0.2, 0.25) is 5.91 Å². The number of amides is 3. The Morgan fingerprint density at radius 1 is 1.09 bits per heavy atom. The molecule has 6 nitrogen and oxygen atoms in total. The van der Waals surface area contributed by atoms with Crippen molar-refractivity contribution in [3.8, 4) is 0 Å². The van der Waals surface area contributed by atoms with Crippen molar-refractivity contribution >= 4 is 17.6 Å². The van der Waals surface area contributed by atoms with Gasteiger partial charge in [0.05, 0.1) is 12.6 Å². The Morgan fingerprint density at radius 3 is 2.45 bits per heavy atom. The van der Waals surface area contributed by atoms with Crippen molar-refractivity contribution in [3.05, 3.63) is 60.4 Å². The number of rotatable bonds is 5. The van der Waals surface area contributed by atoms with Gasteiger partial charge in [-0.2, -0.15) is 0 Å². The number of urea groups is 1. The molecular formula is C16H18N4O2. The molecule has 0 aliphatic heterocycles. The summed E-state index contributed by atoms with van der Waals surface area (Å²) in [6.45, 7) is 1.77. The molecule has 0 bridgehead atoms. The molecule has 3 amide bonds. The molecule has 0 aliphatic rings. The number of benzene rings is 1. The summed E-state index contributed by atoms with van der Waals surface area (Å²) in [6, 6.07) is 12.2. The Bertz CT molecular complexity index is 617. The second-order valence-electron chi connectivity index (χ2n) is 4.74. The van der Waals surface area contributed by atoms with Gasteiger partial charge < -0.3 is 16.0 Å². The number of pyridine rings is 1. The van der Waals surface area contributed by atoms with E-state index in [9.17, 15) is 9.59 Å². The van der Waals surface area contributed by atoms with Gasteiger partial charge in [0.25, 0.3) is 0 Å². The number of nitrogens with zero attached hydrogens (tertiary/aromatic N) is 1. The fourth-order valence-corrected chi connectivity index (χ4v) is 1.87. The van der Waals surface area contributed by atoms with Crippen molar-refractivity contribution < 1.29 is 9.59 Å². The van der Waals surface area contributed by atoms with Crippen LogP contribution in [0.5, 0.6) is 0 Å². The summed E-state index contributed by atoms with van der Waals surface area (Å²) >= 11 is 0. The number of para-hydroxylation sites is 1. The Kier molecular flexibility index (Phi) is 5.48. The minimum Gasteiger partial charge on any atom is -0.332 e. The lowest BCUT2D eigenvalue weighted by Gasteiger charge is -2.14. The standard InChI is InChI=1S/C16H18N4O2/c1-12(13-7-9-17-10-8-13)19-16(22)18-11-15(21)20-14-5-3-2-4-6-14/h2-10,12H,11H2,1H3,(H,20,21)(H2,18,19,22)/t12-/m1/s1. The third-order valence-electron chi connectivity index (χ3n) is 3.02. The van der Waals surface area contributed by atoms with E-state index in [1.54, 1.807) is 24.5 Å². The highest BCUT2D eigenvalue weighted by atomic mass is 16.2. The van der Waals surface area contributed by atoms with Gasteiger partial charge in [0, 0.05) is 18.1 Å². The molecule has 22 heavy (non-hydrogen) atoms. The average molecular weight is 298 g/mol. The summed E-state index contributed by atoms with van der Waals surface area (Å²) < 4.78 is 0. The van der Waals surface area contributed by atoms with Crippen LogP contribution in [0.4, 0.5) is 10.5 Å². The summed E-state index contributed by atoms with van der Waals surface area (Å²) in [5.74, 6) is -0.280. The lowest BCUT2D eigenvalue weighted by molar-refractivity contribution is -0.115. The number of aromatic nitrogens is 1. The fraction of sp³-hybridized carbons (Fsp3) is 0.188. The maximum atomic E-state index is 11.8. The van der Waals surface area contributed by atoms with E-state index in [0.717, 1.165) is 5.56 Å². The second kappa shape index (κ2) is 7.78. The van der Waals surface area contributed by atoms with E-state index in [1.165, 1.54) is 0 Å². The minimum absolute atomic E-state index is 0.0935. The highest BCUT2D eigenvalue weighted by molar-refractivity contribution is 5.94. The zero-order chi connectivity index (χ0) is 15.8. The molecule has 3 N–H and O–H groups in total. The molecule has 114 valence electrons. The van der Waals surface area contributed by atoms with Crippen molar-refractivity contribution in [1.82, 2.24) is 15.6 Å². The van der Waals surface area contributed by atoms with Crippen LogP contribution in [0.1, 0.15) is 18.5 Å². The molecule has 0 aliphatic carbocycles. The van der Waals surface area contributed by atoms with Crippen LogP contribution in [-0.4, -0.2) is 23.5 Å². The number of nitrogens with one attached hydrogen (secondary N) is 3. The smallest absolute Gasteiger partial charge is 0.315 e. The summed E-state index contributed by atoms with van der Waals surface area (Å²) in [7, 11) is 0. The van der Waals surface area contributed by atoms with Crippen LogP contribution in [-0.2, 0) is 4.79 Å². The van der Waals surface area contributed by atoms with Crippen LogP contribution in [0, 0.1) is 0 Å². The molecule has 1 atom stereocenters. The highest BCUT2D eigenvalue weighted by Gasteiger charge is 2.10. The maximum absolute atomic E-state index is 11.8. The first-order valence-electron chi connectivity index (χ1n) is 6.94. The number of anilines is 1. The van der Waals surface area contributed by atoms with Gasteiger partial charge >= 0.3 is 6.03 Å². The predicted molar refractivity (Wildman–Crippen MR) is 84.3 cm³/mol. The van der Waals surface area contributed by atoms with Crippen molar-refractivity contribution in [2.24, 2.45) is 0 Å². The van der Waals surface area contributed by atoms with E-state index in [4.69, 9.17) is 0 Å². The van der Waals surface area contributed by atoms with Crippen LogP contribution in [0.15, 0.2) is 54.9 Å². The number of carbonyl (C=O) groups excluding carboxylic acids is 2. The van der Waals surface area contributed by atoms with E-state index in [2.05, 4.69) is 20.9 Å². The first-order valence-corrected chi connectivity index (χ1v) is 6.94. The SMILES string of the molecule is C[C@@H](NC(=O)NCC(=O)Nc1ccccc1)c1ccncc1. The minimum atomic E-state index is -0.396. The Morgan fingerprint density at radius 2 is 1.77 bits per heavy atom. The molecule has 1 heterocycles. The van der Waals surface area contributed by atoms with Crippen LogP contribution in [0.2, 0.25) is 0 Å². The average Bonchev–Trinajstić information content (AvgIpc) is 2.55. The quantitative estimate of drug-likeness (QED) is 0.790. The van der Waals surface area contributed by atoms with Crippen molar-refractivity contribution in [1.29, 1.82) is 0 Å². The van der Waals surface area contributed by atoms with Crippen LogP contribution >= 0.6 is 0 Å². The summed E-state index contributed by atoms with van der Waals surface area (Å²) in [6.07, 6.45) is 3.33. The molecule has 0 unspecified atom stereocenters. The van der Waals surface area contributed by atoms with Crippen molar-refractivity contribution in [2.75, 3.05) is 11.9 Å². The third kappa shape index (κ3) is 4.90. The zero-order valence-electron chi connectivity index (χ0n) is 12.2. The fourth-order valence-electron chi connectivity index (χ4n) is 1.87. The first-order chi connectivity index (χ1) is 10.6. The van der Waals surface area contributed by atoms with E-state index in [0.29, 0.717) is 5.69 Å².